The Morgan fingerprint density at radius 3 is 2.82 bits per heavy atom. The van der Waals surface area contributed by atoms with Gasteiger partial charge in [-0.25, -0.2) is 0 Å². The monoisotopic (exact) mass is 158 g/mol. The molecule has 0 amide bonds. The number of ether oxygens (including phenoxy) is 1. The molecular weight excluding hydrogens is 144 g/mol. The van der Waals surface area contributed by atoms with Crippen molar-refractivity contribution in [2.24, 2.45) is 0 Å². The zero-order valence-corrected chi connectivity index (χ0v) is 6.91. The van der Waals surface area contributed by atoms with Gasteiger partial charge in [-0.3, -0.25) is 4.79 Å². The van der Waals surface area contributed by atoms with E-state index in [-0.39, 0.29) is 12.1 Å². The average Bonchev–Trinajstić information content (AvgIpc) is 1.97. The van der Waals surface area contributed by atoms with Gasteiger partial charge in [0.2, 0.25) is 0 Å². The Morgan fingerprint density at radius 2 is 2.36 bits per heavy atom. The fraction of sp³-hybridized carbons (Fsp3) is 0.625. The summed E-state index contributed by atoms with van der Waals surface area (Å²) in [6, 6.07) is 0. The Hall–Kier alpha value is -0.830. The average molecular weight is 158 g/mol. The third-order valence-corrected chi connectivity index (χ3v) is 1.06. The minimum absolute atomic E-state index is 0.258. The molecule has 3 nitrogen and oxygen atoms in total. The van der Waals surface area contributed by atoms with Crippen LogP contribution in [0.2, 0.25) is 0 Å². The number of carbonyl (C=O) groups is 1. The molecule has 0 aliphatic rings. The van der Waals surface area contributed by atoms with Crippen LogP contribution in [-0.2, 0) is 9.53 Å². The molecule has 0 unspecified atom stereocenters. The first kappa shape index (κ1) is 10.2. The molecule has 0 aromatic carbocycles. The summed E-state index contributed by atoms with van der Waals surface area (Å²) >= 11 is 0. The summed E-state index contributed by atoms with van der Waals surface area (Å²) in [5.41, 5.74) is 0. The first-order chi connectivity index (χ1) is 5.16. The number of hydrogen-bond acceptors (Lipinski definition) is 3. The Labute approximate surface area is 66.7 Å². The van der Waals surface area contributed by atoms with E-state index >= 15 is 0 Å². The third kappa shape index (κ3) is 7.06. The molecule has 0 saturated heterocycles. The van der Waals surface area contributed by atoms with Crippen LogP contribution in [0.5, 0.6) is 0 Å². The quantitative estimate of drug-likeness (QED) is 0.494. The highest BCUT2D eigenvalue weighted by Crippen LogP contribution is 1.92. The van der Waals surface area contributed by atoms with E-state index in [1.165, 1.54) is 6.26 Å². The minimum Gasteiger partial charge on any atom is -0.435 e. The van der Waals surface area contributed by atoms with Gasteiger partial charge in [0.25, 0.3) is 0 Å². The van der Waals surface area contributed by atoms with Gasteiger partial charge in [-0.1, -0.05) is 6.92 Å². The van der Waals surface area contributed by atoms with E-state index in [0.717, 1.165) is 0 Å². The van der Waals surface area contributed by atoms with Gasteiger partial charge in [0, 0.05) is 6.42 Å². The highest BCUT2D eigenvalue weighted by molar-refractivity contribution is 5.69. The zero-order chi connectivity index (χ0) is 8.69. The lowest BCUT2D eigenvalue weighted by Gasteiger charge is -1.96. The van der Waals surface area contributed by atoms with E-state index in [9.17, 15) is 4.79 Å². The molecule has 0 radical (unpaired) electrons. The lowest BCUT2D eigenvalue weighted by atomic mass is 10.3. The fourth-order valence-electron chi connectivity index (χ4n) is 0.460. The lowest BCUT2D eigenvalue weighted by Crippen LogP contribution is -1.98. The van der Waals surface area contributed by atoms with Crippen LogP contribution in [0.15, 0.2) is 12.3 Å². The molecule has 0 aromatic rings. The molecule has 0 aromatic heterocycles. The van der Waals surface area contributed by atoms with E-state index in [0.29, 0.717) is 12.8 Å². The van der Waals surface area contributed by atoms with Crippen molar-refractivity contribution >= 4 is 5.97 Å². The standard InChI is InChI=1S/C8H14O3/c1-3-8(10)11-6-4-5-7(2)9/h4,6-7,9H,3,5H2,1-2H3/t7-/m1/s1. The Balaban J connectivity index is 3.37. The second-order valence-electron chi connectivity index (χ2n) is 2.30. The predicted octanol–water partition coefficient (Wildman–Crippen LogP) is 1.22. The van der Waals surface area contributed by atoms with Crippen molar-refractivity contribution in [2.75, 3.05) is 0 Å². The number of hydrogen-bond donors (Lipinski definition) is 1. The molecule has 64 valence electrons. The maximum absolute atomic E-state index is 10.5. The maximum Gasteiger partial charge on any atom is 0.310 e. The van der Waals surface area contributed by atoms with E-state index in [4.69, 9.17) is 5.11 Å². The van der Waals surface area contributed by atoms with Gasteiger partial charge in [0.1, 0.15) is 0 Å². The molecule has 1 N–H and O–H groups in total. The molecule has 0 fully saturated rings. The van der Waals surface area contributed by atoms with Crippen molar-refractivity contribution in [3.05, 3.63) is 12.3 Å². The van der Waals surface area contributed by atoms with Gasteiger partial charge >= 0.3 is 5.97 Å². The molecule has 1 atom stereocenters. The van der Waals surface area contributed by atoms with E-state index in [1.54, 1.807) is 19.9 Å². The smallest absolute Gasteiger partial charge is 0.310 e. The molecular formula is C8H14O3. The SMILES string of the molecule is CCC(=O)OC=CC[C@@H](C)O. The molecule has 11 heavy (non-hydrogen) atoms. The molecule has 0 aliphatic heterocycles. The van der Waals surface area contributed by atoms with Gasteiger partial charge in [-0.2, -0.15) is 0 Å². The number of rotatable bonds is 4. The van der Waals surface area contributed by atoms with Gasteiger partial charge in [-0.15, -0.1) is 0 Å². The Kier molecular flexibility index (Phi) is 5.47. The number of aliphatic hydroxyl groups is 1. The third-order valence-electron chi connectivity index (χ3n) is 1.06. The number of carbonyl (C=O) groups excluding carboxylic acids is 1. The van der Waals surface area contributed by atoms with Crippen LogP contribution >= 0.6 is 0 Å². The van der Waals surface area contributed by atoms with Crippen molar-refractivity contribution < 1.29 is 14.6 Å². The summed E-state index contributed by atoms with van der Waals surface area (Å²) in [6.07, 6.45) is 3.44. The van der Waals surface area contributed by atoms with Gasteiger partial charge in [0.15, 0.2) is 0 Å². The maximum atomic E-state index is 10.5. The van der Waals surface area contributed by atoms with Gasteiger partial charge in [-0.05, 0) is 19.4 Å². The summed E-state index contributed by atoms with van der Waals surface area (Å²) < 4.78 is 4.61. The van der Waals surface area contributed by atoms with E-state index in [1.807, 2.05) is 0 Å². The molecule has 3 heteroatoms. The van der Waals surface area contributed by atoms with E-state index < -0.39 is 0 Å². The van der Waals surface area contributed by atoms with Crippen molar-refractivity contribution in [1.82, 2.24) is 0 Å². The van der Waals surface area contributed by atoms with Gasteiger partial charge in [0.05, 0.1) is 12.4 Å². The summed E-state index contributed by atoms with van der Waals surface area (Å²) in [5.74, 6) is -0.258. The van der Waals surface area contributed by atoms with E-state index in [2.05, 4.69) is 4.74 Å². The topological polar surface area (TPSA) is 46.5 Å². The highest BCUT2D eigenvalue weighted by Gasteiger charge is 1.93. The van der Waals surface area contributed by atoms with Crippen LogP contribution in [0, 0.1) is 0 Å². The molecule has 0 spiro atoms. The Bertz CT molecular complexity index is 138. The highest BCUT2D eigenvalue weighted by atomic mass is 16.5. The summed E-state index contributed by atoms with van der Waals surface area (Å²) in [5, 5.41) is 8.78. The van der Waals surface area contributed by atoms with Crippen molar-refractivity contribution in [2.45, 2.75) is 32.8 Å². The summed E-state index contributed by atoms with van der Waals surface area (Å²) in [7, 11) is 0. The normalized spacial score (nSPS) is 13.4. The van der Waals surface area contributed by atoms with Gasteiger partial charge < -0.3 is 9.84 Å². The number of aliphatic hydroxyl groups excluding tert-OH is 1. The molecule has 0 heterocycles. The van der Waals surface area contributed by atoms with Crippen LogP contribution in [0.4, 0.5) is 0 Å². The van der Waals surface area contributed by atoms with Crippen LogP contribution in [-0.4, -0.2) is 17.2 Å². The molecule has 0 rings (SSSR count). The summed E-state index contributed by atoms with van der Waals surface area (Å²) in [4.78, 5) is 10.5. The largest absolute Gasteiger partial charge is 0.435 e. The van der Waals surface area contributed by atoms with Crippen LogP contribution < -0.4 is 0 Å². The molecule has 0 bridgehead atoms. The fourth-order valence-corrected chi connectivity index (χ4v) is 0.460. The first-order valence-electron chi connectivity index (χ1n) is 3.69. The van der Waals surface area contributed by atoms with Crippen LogP contribution in [0.25, 0.3) is 0 Å². The van der Waals surface area contributed by atoms with Crippen molar-refractivity contribution in [1.29, 1.82) is 0 Å². The second-order valence-corrected chi connectivity index (χ2v) is 2.30. The summed E-state index contributed by atoms with van der Waals surface area (Å²) in [6.45, 7) is 3.40. The molecule has 0 saturated carbocycles. The van der Waals surface area contributed by atoms with Crippen molar-refractivity contribution in [3.8, 4) is 0 Å². The van der Waals surface area contributed by atoms with Crippen LogP contribution in [0.1, 0.15) is 26.7 Å². The minimum atomic E-state index is -0.383. The Morgan fingerprint density at radius 1 is 1.73 bits per heavy atom. The zero-order valence-electron chi connectivity index (χ0n) is 6.91. The van der Waals surface area contributed by atoms with Crippen LogP contribution in [0.3, 0.4) is 0 Å². The second kappa shape index (κ2) is 5.92. The van der Waals surface area contributed by atoms with Crippen molar-refractivity contribution in [3.63, 3.8) is 0 Å². The predicted molar refractivity (Wildman–Crippen MR) is 41.8 cm³/mol. The first-order valence-corrected chi connectivity index (χ1v) is 3.69. The lowest BCUT2D eigenvalue weighted by molar-refractivity contribution is -0.137. The number of esters is 1. The molecule has 0 aliphatic carbocycles.